The number of benzene rings is 2. The summed E-state index contributed by atoms with van der Waals surface area (Å²) in [6, 6.07) is 10.5. The standard InChI is InChI=1S/C20H23F2N3O2/c1-2-3-18(19(26)23-12-14-4-8-16(21)9-5-14)25-20(27)24-13-15-6-10-17(22)11-7-15/h4-11,18H,2-3,12-13H2,1H3,(H,23,26)(H2,24,25,27). The van der Waals surface area contributed by atoms with Crippen LogP contribution in [0.2, 0.25) is 0 Å². The molecule has 1 atom stereocenters. The van der Waals surface area contributed by atoms with Crippen molar-refractivity contribution in [2.45, 2.75) is 38.9 Å². The van der Waals surface area contributed by atoms with Gasteiger partial charge in [0.2, 0.25) is 5.91 Å². The van der Waals surface area contributed by atoms with Crippen LogP contribution in [-0.4, -0.2) is 18.0 Å². The number of nitrogens with one attached hydrogen (secondary N) is 3. The topological polar surface area (TPSA) is 70.2 Å². The highest BCUT2D eigenvalue weighted by molar-refractivity contribution is 5.86. The smallest absolute Gasteiger partial charge is 0.315 e. The van der Waals surface area contributed by atoms with Gasteiger partial charge in [-0.05, 0) is 41.8 Å². The predicted octanol–water partition coefficient (Wildman–Crippen LogP) is 3.25. The van der Waals surface area contributed by atoms with E-state index >= 15 is 0 Å². The fraction of sp³-hybridized carbons (Fsp3) is 0.300. The van der Waals surface area contributed by atoms with Gasteiger partial charge in [0.05, 0.1) is 0 Å². The first-order chi connectivity index (χ1) is 13.0. The van der Waals surface area contributed by atoms with Crippen LogP contribution in [0.3, 0.4) is 0 Å². The normalized spacial score (nSPS) is 11.5. The van der Waals surface area contributed by atoms with Crippen molar-refractivity contribution in [1.82, 2.24) is 16.0 Å². The minimum Gasteiger partial charge on any atom is -0.350 e. The van der Waals surface area contributed by atoms with Crippen molar-refractivity contribution in [3.8, 4) is 0 Å². The van der Waals surface area contributed by atoms with E-state index in [0.717, 1.165) is 11.1 Å². The van der Waals surface area contributed by atoms with Crippen LogP contribution in [0.25, 0.3) is 0 Å². The molecule has 7 heteroatoms. The van der Waals surface area contributed by atoms with Gasteiger partial charge < -0.3 is 16.0 Å². The van der Waals surface area contributed by atoms with Gasteiger partial charge in [-0.2, -0.15) is 0 Å². The quantitative estimate of drug-likeness (QED) is 0.663. The molecule has 2 aromatic carbocycles. The number of urea groups is 1. The first-order valence-electron chi connectivity index (χ1n) is 8.79. The third-order valence-electron chi connectivity index (χ3n) is 3.95. The summed E-state index contributed by atoms with van der Waals surface area (Å²) in [7, 11) is 0. The molecule has 0 aliphatic heterocycles. The summed E-state index contributed by atoms with van der Waals surface area (Å²) in [4.78, 5) is 24.4. The van der Waals surface area contributed by atoms with Crippen molar-refractivity contribution in [2.75, 3.05) is 0 Å². The van der Waals surface area contributed by atoms with Crippen LogP contribution < -0.4 is 16.0 Å². The van der Waals surface area contributed by atoms with Crippen molar-refractivity contribution in [2.24, 2.45) is 0 Å². The molecule has 0 heterocycles. The molecule has 27 heavy (non-hydrogen) atoms. The molecular weight excluding hydrogens is 352 g/mol. The van der Waals surface area contributed by atoms with E-state index in [9.17, 15) is 18.4 Å². The Morgan fingerprint density at radius 2 is 1.33 bits per heavy atom. The number of halogens is 2. The lowest BCUT2D eigenvalue weighted by Gasteiger charge is -2.18. The maximum atomic E-state index is 12.9. The van der Waals surface area contributed by atoms with Crippen LogP contribution in [-0.2, 0) is 17.9 Å². The highest BCUT2D eigenvalue weighted by Gasteiger charge is 2.19. The minimum absolute atomic E-state index is 0.224. The van der Waals surface area contributed by atoms with Crippen molar-refractivity contribution in [1.29, 1.82) is 0 Å². The minimum atomic E-state index is -0.677. The van der Waals surface area contributed by atoms with Gasteiger partial charge in [-0.15, -0.1) is 0 Å². The van der Waals surface area contributed by atoms with Crippen LogP contribution in [0.5, 0.6) is 0 Å². The van der Waals surface area contributed by atoms with E-state index in [4.69, 9.17) is 0 Å². The summed E-state index contributed by atoms with van der Waals surface area (Å²) in [6.45, 7) is 2.39. The van der Waals surface area contributed by atoms with Gasteiger partial charge in [0.25, 0.3) is 0 Å². The zero-order valence-electron chi connectivity index (χ0n) is 15.1. The average molecular weight is 375 g/mol. The third-order valence-corrected chi connectivity index (χ3v) is 3.95. The molecule has 0 saturated carbocycles. The third kappa shape index (κ3) is 7.05. The summed E-state index contributed by atoms with van der Waals surface area (Å²) in [5, 5.41) is 8.04. The Labute approximate surface area is 157 Å². The summed E-state index contributed by atoms with van der Waals surface area (Å²) in [6.07, 6.45) is 1.20. The van der Waals surface area contributed by atoms with Gasteiger partial charge in [0, 0.05) is 13.1 Å². The second kappa shape index (κ2) is 10.3. The Morgan fingerprint density at radius 3 is 1.81 bits per heavy atom. The summed E-state index contributed by atoms with van der Waals surface area (Å²) in [5.41, 5.74) is 1.51. The number of hydrogen-bond donors (Lipinski definition) is 3. The van der Waals surface area contributed by atoms with E-state index in [-0.39, 0.29) is 30.6 Å². The lowest BCUT2D eigenvalue weighted by Crippen LogP contribution is -2.49. The summed E-state index contributed by atoms with van der Waals surface area (Å²) >= 11 is 0. The molecule has 144 valence electrons. The lowest BCUT2D eigenvalue weighted by atomic mass is 10.1. The number of hydrogen-bond acceptors (Lipinski definition) is 2. The van der Waals surface area contributed by atoms with E-state index in [1.807, 2.05) is 6.92 Å². The predicted molar refractivity (Wildman–Crippen MR) is 98.7 cm³/mol. The van der Waals surface area contributed by atoms with Gasteiger partial charge >= 0.3 is 6.03 Å². The molecule has 0 fully saturated rings. The fourth-order valence-corrected chi connectivity index (χ4v) is 2.47. The molecule has 0 aromatic heterocycles. The van der Waals surface area contributed by atoms with Crippen molar-refractivity contribution >= 4 is 11.9 Å². The average Bonchev–Trinajstić information content (AvgIpc) is 2.66. The van der Waals surface area contributed by atoms with Gasteiger partial charge in [-0.1, -0.05) is 37.6 Å². The first-order valence-corrected chi connectivity index (χ1v) is 8.79. The molecule has 5 nitrogen and oxygen atoms in total. The molecule has 1 unspecified atom stereocenters. The monoisotopic (exact) mass is 375 g/mol. The fourth-order valence-electron chi connectivity index (χ4n) is 2.47. The highest BCUT2D eigenvalue weighted by atomic mass is 19.1. The Bertz CT molecular complexity index is 749. The van der Waals surface area contributed by atoms with Crippen molar-refractivity contribution in [3.05, 3.63) is 71.3 Å². The Morgan fingerprint density at radius 1 is 0.852 bits per heavy atom. The van der Waals surface area contributed by atoms with E-state index in [1.165, 1.54) is 24.3 Å². The molecular formula is C20H23F2N3O2. The van der Waals surface area contributed by atoms with Crippen molar-refractivity contribution < 1.29 is 18.4 Å². The largest absolute Gasteiger partial charge is 0.350 e. The van der Waals surface area contributed by atoms with Crippen LogP contribution in [0.15, 0.2) is 48.5 Å². The molecule has 0 bridgehead atoms. The molecule has 0 aliphatic carbocycles. The lowest BCUT2D eigenvalue weighted by molar-refractivity contribution is -0.123. The Kier molecular flexibility index (Phi) is 7.73. The second-order valence-electron chi connectivity index (χ2n) is 6.14. The number of amides is 3. The molecule has 0 spiro atoms. The van der Waals surface area contributed by atoms with E-state index in [2.05, 4.69) is 16.0 Å². The molecule has 3 N–H and O–H groups in total. The molecule has 0 saturated heterocycles. The maximum absolute atomic E-state index is 12.9. The SMILES string of the molecule is CCCC(NC(=O)NCc1ccc(F)cc1)C(=O)NCc1ccc(F)cc1. The van der Waals surface area contributed by atoms with Gasteiger partial charge in [-0.3, -0.25) is 4.79 Å². The zero-order chi connectivity index (χ0) is 19.6. The highest BCUT2D eigenvalue weighted by Crippen LogP contribution is 2.04. The zero-order valence-corrected chi connectivity index (χ0v) is 15.1. The number of carbonyl (C=O) groups is 2. The Balaban J connectivity index is 1.83. The van der Waals surface area contributed by atoms with E-state index in [0.29, 0.717) is 12.8 Å². The van der Waals surface area contributed by atoms with Gasteiger partial charge in [0.15, 0.2) is 0 Å². The first kappa shape index (κ1) is 20.4. The molecule has 0 radical (unpaired) electrons. The number of rotatable bonds is 8. The van der Waals surface area contributed by atoms with Crippen molar-refractivity contribution in [3.63, 3.8) is 0 Å². The summed E-state index contributed by atoms with van der Waals surface area (Å²) < 4.78 is 25.8. The van der Waals surface area contributed by atoms with Crippen LogP contribution in [0.4, 0.5) is 13.6 Å². The molecule has 0 aliphatic rings. The maximum Gasteiger partial charge on any atom is 0.315 e. The van der Waals surface area contributed by atoms with Crippen LogP contribution in [0.1, 0.15) is 30.9 Å². The summed E-state index contributed by atoms with van der Waals surface area (Å²) in [5.74, 6) is -0.990. The van der Waals surface area contributed by atoms with Gasteiger partial charge in [-0.25, -0.2) is 13.6 Å². The second-order valence-corrected chi connectivity index (χ2v) is 6.14. The van der Waals surface area contributed by atoms with Crippen LogP contribution in [0, 0.1) is 11.6 Å². The van der Waals surface area contributed by atoms with Gasteiger partial charge in [0.1, 0.15) is 17.7 Å². The molecule has 2 aromatic rings. The Hall–Kier alpha value is -2.96. The molecule has 3 amide bonds. The molecule has 2 rings (SSSR count). The van der Waals surface area contributed by atoms with Crippen LogP contribution >= 0.6 is 0 Å². The van der Waals surface area contributed by atoms with E-state index in [1.54, 1.807) is 24.3 Å². The van der Waals surface area contributed by atoms with E-state index < -0.39 is 12.1 Å². The number of carbonyl (C=O) groups excluding carboxylic acids is 2.